The Hall–Kier alpha value is -9.26. The fourth-order valence-corrected chi connectivity index (χ4v) is 10.7. The van der Waals surface area contributed by atoms with Gasteiger partial charge in [-0.05, 0) is 144 Å². The smallest absolute Gasteiger partial charge is 0.145 e. The average Bonchev–Trinajstić information content (AvgIpc) is 4.08. The third-order valence-corrected chi connectivity index (χ3v) is 14.1. The number of hydrogen-bond acceptors (Lipinski definition) is 4. The standard InChI is InChI=1S/C65H48N6/c1-65(2)57-43-53(68(47-23-7-3-8-24-47)51-31-19-21-45(41-51)63-66-59-33-15-17-35-61(59)70(63)49-27-11-5-12-28-49)37-39-55(57)56-40-38-54(44-58(56)65)69(48-25-9-4-10-26-48)52-32-20-22-46(42-52)64-67-60-34-16-18-36-62(60)71(64)50-29-13-6-14-30-50/h3-44H,1-2H3. The maximum atomic E-state index is 5.23. The van der Waals surface area contributed by atoms with Crippen molar-refractivity contribution in [2.75, 3.05) is 9.80 Å². The minimum atomic E-state index is -0.313. The topological polar surface area (TPSA) is 42.1 Å². The molecule has 0 atom stereocenters. The number of benzene rings is 10. The van der Waals surface area contributed by atoms with Gasteiger partial charge in [-0.2, -0.15) is 0 Å². The van der Waals surface area contributed by atoms with Crippen LogP contribution in [0.2, 0.25) is 0 Å². The molecule has 2 heterocycles. The summed E-state index contributed by atoms with van der Waals surface area (Å²) in [6.45, 7) is 4.74. The summed E-state index contributed by atoms with van der Waals surface area (Å²) >= 11 is 0. The molecule has 0 spiro atoms. The zero-order valence-electron chi connectivity index (χ0n) is 39.4. The Labute approximate surface area is 413 Å². The molecule has 0 radical (unpaired) electrons. The number of para-hydroxylation sites is 8. The highest BCUT2D eigenvalue weighted by Crippen LogP contribution is 2.53. The third kappa shape index (κ3) is 7.19. The second-order valence-corrected chi connectivity index (χ2v) is 18.7. The molecule has 1 aliphatic rings. The summed E-state index contributed by atoms with van der Waals surface area (Å²) in [5, 5.41) is 0. The van der Waals surface area contributed by atoms with Crippen LogP contribution in [-0.2, 0) is 5.41 Å². The third-order valence-electron chi connectivity index (χ3n) is 14.1. The molecule has 6 nitrogen and oxygen atoms in total. The number of hydrogen-bond donors (Lipinski definition) is 0. The lowest BCUT2D eigenvalue weighted by atomic mass is 9.82. The molecule has 2 aromatic heterocycles. The van der Waals surface area contributed by atoms with E-state index in [1.165, 1.54) is 22.3 Å². The number of aromatic nitrogens is 4. The van der Waals surface area contributed by atoms with E-state index in [-0.39, 0.29) is 5.41 Å². The zero-order chi connectivity index (χ0) is 47.5. The monoisotopic (exact) mass is 912 g/mol. The van der Waals surface area contributed by atoms with E-state index in [4.69, 9.17) is 9.97 Å². The van der Waals surface area contributed by atoms with Gasteiger partial charge in [0.15, 0.2) is 0 Å². The highest BCUT2D eigenvalue weighted by molar-refractivity contribution is 5.91. The van der Waals surface area contributed by atoms with Crippen molar-refractivity contribution < 1.29 is 0 Å². The van der Waals surface area contributed by atoms with Gasteiger partial charge in [0.2, 0.25) is 0 Å². The Morgan fingerprint density at radius 1 is 0.324 bits per heavy atom. The molecule has 12 aromatic rings. The van der Waals surface area contributed by atoms with Gasteiger partial charge >= 0.3 is 0 Å². The lowest BCUT2D eigenvalue weighted by Gasteiger charge is -2.29. The van der Waals surface area contributed by atoms with Crippen molar-refractivity contribution in [3.05, 3.63) is 266 Å². The number of fused-ring (bicyclic) bond motifs is 5. The van der Waals surface area contributed by atoms with Crippen molar-refractivity contribution in [1.82, 2.24) is 19.1 Å². The second-order valence-electron chi connectivity index (χ2n) is 18.7. The quantitative estimate of drug-likeness (QED) is 0.137. The average molecular weight is 913 g/mol. The van der Waals surface area contributed by atoms with Crippen LogP contribution in [0.3, 0.4) is 0 Å². The second kappa shape index (κ2) is 17.1. The first-order valence-corrected chi connectivity index (χ1v) is 24.2. The van der Waals surface area contributed by atoms with E-state index in [1.807, 2.05) is 0 Å². The van der Waals surface area contributed by atoms with Gasteiger partial charge in [-0.15, -0.1) is 0 Å². The molecule has 338 valence electrons. The van der Waals surface area contributed by atoms with Crippen molar-refractivity contribution in [3.63, 3.8) is 0 Å². The van der Waals surface area contributed by atoms with Crippen molar-refractivity contribution in [1.29, 1.82) is 0 Å². The van der Waals surface area contributed by atoms with E-state index in [2.05, 4.69) is 288 Å². The summed E-state index contributed by atoms with van der Waals surface area (Å²) in [5.74, 6) is 1.80. The molecular weight excluding hydrogens is 865 g/mol. The van der Waals surface area contributed by atoms with Crippen molar-refractivity contribution in [2.24, 2.45) is 0 Å². The molecule has 0 unspecified atom stereocenters. The molecule has 10 aromatic carbocycles. The predicted octanol–water partition coefficient (Wildman–Crippen LogP) is 16.9. The van der Waals surface area contributed by atoms with E-state index in [1.54, 1.807) is 0 Å². The van der Waals surface area contributed by atoms with Crippen LogP contribution in [0.1, 0.15) is 25.0 Å². The number of imidazole rings is 2. The fraction of sp³-hybridized carbons (Fsp3) is 0.0462. The van der Waals surface area contributed by atoms with E-state index in [9.17, 15) is 0 Å². The first kappa shape index (κ1) is 41.9. The fourth-order valence-electron chi connectivity index (χ4n) is 10.7. The normalized spacial score (nSPS) is 12.5. The lowest BCUT2D eigenvalue weighted by Crippen LogP contribution is -2.17. The predicted molar refractivity (Wildman–Crippen MR) is 294 cm³/mol. The van der Waals surface area contributed by atoms with Gasteiger partial charge in [0.05, 0.1) is 22.1 Å². The zero-order valence-corrected chi connectivity index (χ0v) is 39.4. The molecule has 13 rings (SSSR count). The van der Waals surface area contributed by atoms with Crippen LogP contribution >= 0.6 is 0 Å². The molecule has 0 N–H and O–H groups in total. The summed E-state index contributed by atoms with van der Waals surface area (Å²) in [5.41, 5.74) is 19.5. The maximum Gasteiger partial charge on any atom is 0.145 e. The van der Waals surface area contributed by atoms with Crippen molar-refractivity contribution >= 4 is 56.2 Å². The van der Waals surface area contributed by atoms with Gasteiger partial charge in [0.25, 0.3) is 0 Å². The molecule has 71 heavy (non-hydrogen) atoms. The van der Waals surface area contributed by atoms with Gasteiger partial charge in [-0.1, -0.05) is 147 Å². The Kier molecular flexibility index (Phi) is 10.1. The maximum absolute atomic E-state index is 5.23. The first-order chi connectivity index (χ1) is 35.0. The van der Waals surface area contributed by atoms with E-state index < -0.39 is 0 Å². The Morgan fingerprint density at radius 3 is 1.10 bits per heavy atom. The molecule has 6 heteroatoms. The van der Waals surface area contributed by atoms with E-state index in [0.29, 0.717) is 0 Å². The Bertz CT molecular complexity index is 3660. The van der Waals surface area contributed by atoms with Crippen LogP contribution in [0, 0.1) is 0 Å². The number of anilines is 6. The number of nitrogens with zero attached hydrogens (tertiary/aromatic N) is 6. The Balaban J connectivity index is 0.899. The summed E-state index contributed by atoms with van der Waals surface area (Å²) in [7, 11) is 0. The minimum Gasteiger partial charge on any atom is -0.310 e. The van der Waals surface area contributed by atoms with Crippen LogP contribution in [0.15, 0.2) is 255 Å². The number of rotatable bonds is 10. The summed E-state index contributed by atoms with van der Waals surface area (Å²) in [6.07, 6.45) is 0. The van der Waals surface area contributed by atoms with Crippen LogP contribution in [0.25, 0.3) is 67.3 Å². The first-order valence-electron chi connectivity index (χ1n) is 24.2. The van der Waals surface area contributed by atoms with Gasteiger partial charge in [-0.25, -0.2) is 9.97 Å². The Morgan fingerprint density at radius 2 is 0.676 bits per heavy atom. The van der Waals surface area contributed by atoms with Gasteiger partial charge in [-0.3, -0.25) is 9.13 Å². The van der Waals surface area contributed by atoms with Crippen molar-refractivity contribution in [2.45, 2.75) is 19.3 Å². The lowest BCUT2D eigenvalue weighted by molar-refractivity contribution is 0.660. The van der Waals surface area contributed by atoms with Gasteiger partial charge < -0.3 is 9.80 Å². The van der Waals surface area contributed by atoms with Crippen LogP contribution < -0.4 is 9.80 Å². The molecule has 0 saturated heterocycles. The molecular formula is C65H48N6. The highest BCUT2D eigenvalue weighted by atomic mass is 15.2. The van der Waals surface area contributed by atoms with E-state index >= 15 is 0 Å². The van der Waals surface area contributed by atoms with Crippen LogP contribution in [-0.4, -0.2) is 19.1 Å². The summed E-state index contributed by atoms with van der Waals surface area (Å²) < 4.78 is 4.53. The summed E-state index contributed by atoms with van der Waals surface area (Å²) in [4.78, 5) is 15.2. The SMILES string of the molecule is CC1(C)c2cc(N(c3ccccc3)c3cccc(-c4nc5ccccc5n4-c4ccccc4)c3)ccc2-c2ccc(N(c3ccccc3)c3cccc(-c4nc5ccccc5n4-c4ccccc4)c3)cc21. The molecule has 0 bridgehead atoms. The molecule has 1 aliphatic carbocycles. The van der Waals surface area contributed by atoms with Gasteiger partial charge in [0, 0.05) is 62.0 Å². The van der Waals surface area contributed by atoms with Crippen molar-refractivity contribution in [3.8, 4) is 45.3 Å². The molecule has 0 saturated carbocycles. The van der Waals surface area contributed by atoms with Crippen LogP contribution in [0.5, 0.6) is 0 Å². The van der Waals surface area contributed by atoms with E-state index in [0.717, 1.165) is 90.3 Å². The van der Waals surface area contributed by atoms with Crippen LogP contribution in [0.4, 0.5) is 34.1 Å². The highest BCUT2D eigenvalue weighted by Gasteiger charge is 2.37. The minimum absolute atomic E-state index is 0.313. The largest absolute Gasteiger partial charge is 0.310 e. The van der Waals surface area contributed by atoms with Gasteiger partial charge in [0.1, 0.15) is 11.6 Å². The summed E-state index contributed by atoms with van der Waals surface area (Å²) in [6, 6.07) is 90.8. The molecule has 0 aliphatic heterocycles. The molecule has 0 fully saturated rings. The molecule has 0 amide bonds.